The van der Waals surface area contributed by atoms with Crippen molar-refractivity contribution in [3.05, 3.63) is 0 Å². The maximum atomic E-state index is 10.9. The van der Waals surface area contributed by atoms with E-state index in [0.29, 0.717) is 0 Å². The van der Waals surface area contributed by atoms with Gasteiger partial charge in [0.25, 0.3) is 0 Å². The monoisotopic (exact) mass is 315 g/mol. The van der Waals surface area contributed by atoms with Gasteiger partial charge in [-0.15, -0.1) is 11.6 Å². The van der Waals surface area contributed by atoms with Crippen molar-refractivity contribution in [1.82, 2.24) is 4.90 Å². The number of halogens is 1. The Morgan fingerprint density at radius 3 is 2.69 bits per heavy atom. The zero-order valence-electron chi connectivity index (χ0n) is 6.62. The van der Waals surface area contributed by atoms with Crippen LogP contribution in [0.4, 0.5) is 0 Å². The zero-order chi connectivity index (χ0) is 9.30. The van der Waals surface area contributed by atoms with Crippen molar-refractivity contribution in [2.45, 2.75) is 10.8 Å². The summed E-state index contributed by atoms with van der Waals surface area (Å²) >= 11 is 10.3. The Morgan fingerprint density at radius 1 is 1.77 bits per heavy atom. The number of esters is 1. The van der Waals surface area contributed by atoms with Gasteiger partial charge in [-0.1, -0.05) is 5.37 Å². The molecule has 0 radical (unpaired) electrons. The number of likely N-dealkylation sites (tertiary alicyclic amines) is 1. The molecular weight excluding hydrogens is 309 g/mol. The summed E-state index contributed by atoms with van der Waals surface area (Å²) in [6.07, 6.45) is 0. The van der Waals surface area contributed by atoms with Crippen LogP contribution in [0.2, 0.25) is 0 Å². The van der Waals surface area contributed by atoms with Crippen molar-refractivity contribution in [3.63, 3.8) is 0 Å². The average Bonchev–Trinajstić information content (AvgIpc) is 2.11. The molecule has 0 saturated carbocycles. The predicted molar refractivity (Wildman–Crippen MR) is 44.5 cm³/mol. The molecule has 1 amide bonds. The van der Waals surface area contributed by atoms with E-state index in [1.165, 1.54) is 12.0 Å². The number of methoxy groups -OCH3 is 1. The maximum absolute atomic E-state index is 10.9. The van der Waals surface area contributed by atoms with Gasteiger partial charge in [0, 0.05) is 0 Å². The fourth-order valence-electron chi connectivity index (χ4n) is 0.853. The summed E-state index contributed by atoms with van der Waals surface area (Å²) in [6.45, 7) is -0.104. The van der Waals surface area contributed by atoms with Crippen molar-refractivity contribution in [2.24, 2.45) is 0 Å². The third-order valence-electron chi connectivity index (χ3n) is 1.60. The Hall–Kier alpha value is 0.320. The molecule has 0 aromatic carbocycles. The van der Waals surface area contributed by atoms with Gasteiger partial charge in [0.2, 0.25) is 5.91 Å². The molecule has 1 rings (SSSR count). The first-order valence-corrected chi connectivity index (χ1v) is 4.16. The number of nitrogens with zero attached hydrogens (tertiary/aromatic N) is 1. The molecule has 0 N–H and O–H groups in total. The summed E-state index contributed by atoms with van der Waals surface area (Å²) in [7, 11) is 1.25. The Morgan fingerprint density at radius 2 is 2.31 bits per heavy atom. The Bertz CT molecular complexity index is 228. The number of alkyl halides is 1. The number of carbonyl (C=O) groups is 2. The largest absolute Gasteiger partial charge is 1.00 e. The maximum Gasteiger partial charge on any atom is 1.00 e. The minimum absolute atomic E-state index is 0. The van der Waals surface area contributed by atoms with Crippen molar-refractivity contribution >= 4 is 36.1 Å². The normalized spacial score (nSPS) is 26.1. The van der Waals surface area contributed by atoms with Crippen LogP contribution in [0.3, 0.4) is 0 Å². The number of amides is 1. The molecule has 1 heterocycles. The molecule has 7 heteroatoms. The fourth-order valence-corrected chi connectivity index (χ4v) is 1.41. The van der Waals surface area contributed by atoms with E-state index >= 15 is 0 Å². The number of hydrogen-bond acceptors (Lipinski definition) is 4. The van der Waals surface area contributed by atoms with Crippen LogP contribution in [0, 0.1) is 0 Å². The van der Waals surface area contributed by atoms with E-state index in [-0.39, 0.29) is 34.8 Å². The van der Waals surface area contributed by atoms with E-state index in [9.17, 15) is 9.59 Å². The molecule has 1 fully saturated rings. The number of hydrogen-bond donors (Lipinski definition) is 0. The van der Waals surface area contributed by atoms with Crippen LogP contribution in [0.25, 0.3) is 0 Å². The molecule has 0 aliphatic carbocycles. The van der Waals surface area contributed by atoms with Gasteiger partial charge >= 0.3 is 28.3 Å². The zero-order valence-corrected chi connectivity index (χ0v) is 9.68. The van der Waals surface area contributed by atoms with Crippen LogP contribution in [-0.4, -0.2) is 41.2 Å². The van der Waals surface area contributed by atoms with Gasteiger partial charge in [0.15, 0.2) is 0 Å². The van der Waals surface area contributed by atoms with Crippen molar-refractivity contribution in [1.29, 1.82) is 0 Å². The third-order valence-corrected chi connectivity index (χ3v) is 2.71. The SMILES string of the molecule is COC(=O)CN1C(=O)[C@H](Cl)[C@H]1[S-].[Ag+]. The van der Waals surface area contributed by atoms with Gasteiger partial charge in [-0.3, -0.25) is 9.59 Å². The van der Waals surface area contributed by atoms with Crippen molar-refractivity contribution in [2.75, 3.05) is 13.7 Å². The van der Waals surface area contributed by atoms with Crippen molar-refractivity contribution in [3.8, 4) is 0 Å². The second-order valence-corrected chi connectivity index (χ2v) is 3.29. The van der Waals surface area contributed by atoms with Crippen molar-refractivity contribution < 1.29 is 36.7 Å². The average molecular weight is 317 g/mol. The van der Waals surface area contributed by atoms with Crippen LogP contribution in [0.1, 0.15) is 0 Å². The fraction of sp³-hybridized carbons (Fsp3) is 0.667. The number of ether oxygens (including phenoxy) is 1. The molecule has 4 nitrogen and oxygen atoms in total. The molecule has 1 aliphatic rings. The molecule has 1 saturated heterocycles. The Balaban J connectivity index is 0.00000144. The molecule has 2 atom stereocenters. The van der Waals surface area contributed by atoms with Gasteiger partial charge in [-0.2, -0.15) is 0 Å². The summed E-state index contributed by atoms with van der Waals surface area (Å²) in [5.74, 6) is -0.788. The van der Waals surface area contributed by atoms with Gasteiger partial charge in [-0.05, 0) is 0 Å². The number of β-lactam (4-membered cyclic amide) rings is 1. The van der Waals surface area contributed by atoms with Crippen LogP contribution >= 0.6 is 11.6 Å². The first-order valence-electron chi connectivity index (χ1n) is 3.25. The molecule has 0 spiro atoms. The van der Waals surface area contributed by atoms with E-state index in [1.54, 1.807) is 0 Å². The Labute approximate surface area is 102 Å². The Kier molecular flexibility index (Phi) is 5.39. The minimum atomic E-state index is -0.662. The quantitative estimate of drug-likeness (QED) is 0.226. The van der Waals surface area contributed by atoms with E-state index in [1.807, 2.05) is 0 Å². The van der Waals surface area contributed by atoms with Crippen LogP contribution in [0.15, 0.2) is 0 Å². The summed E-state index contributed by atoms with van der Waals surface area (Å²) in [5, 5.41) is -1.15. The van der Waals surface area contributed by atoms with Crippen LogP contribution in [-0.2, 0) is 49.3 Å². The van der Waals surface area contributed by atoms with Gasteiger partial charge in [0.05, 0.1) is 7.11 Å². The number of carbonyl (C=O) groups excluding carboxylic acids is 2. The second kappa shape index (κ2) is 5.26. The van der Waals surface area contributed by atoms with Gasteiger partial charge in [-0.25, -0.2) is 0 Å². The smallest absolute Gasteiger partial charge is 0.766 e. The summed E-state index contributed by atoms with van der Waals surface area (Å²) < 4.78 is 4.37. The minimum Gasteiger partial charge on any atom is -0.766 e. The molecule has 78 valence electrons. The second-order valence-electron chi connectivity index (χ2n) is 2.33. The predicted octanol–water partition coefficient (Wildman–Crippen LogP) is -0.521. The molecule has 0 bridgehead atoms. The molecule has 1 aliphatic heterocycles. The molecule has 13 heavy (non-hydrogen) atoms. The number of rotatable bonds is 2. The van der Waals surface area contributed by atoms with Gasteiger partial charge in [0.1, 0.15) is 11.9 Å². The summed E-state index contributed by atoms with van der Waals surface area (Å²) in [4.78, 5) is 22.9. The van der Waals surface area contributed by atoms with E-state index in [0.717, 1.165) is 0 Å². The molecular formula is C6H7AgClNO3S. The summed E-state index contributed by atoms with van der Waals surface area (Å²) in [5.41, 5.74) is 0. The standard InChI is InChI=1S/C6H8ClNO3S.Ag/c1-11-3(9)2-8-5(10)4(7)6(8)12;/h4,6,12H,2H2,1H3;/q;+1/p-1/t4-,6+;/m0./s1. The topological polar surface area (TPSA) is 46.6 Å². The van der Waals surface area contributed by atoms with Gasteiger partial charge < -0.3 is 22.3 Å². The van der Waals surface area contributed by atoms with E-state index in [2.05, 4.69) is 4.74 Å². The van der Waals surface area contributed by atoms with E-state index < -0.39 is 16.7 Å². The third kappa shape index (κ3) is 2.63. The van der Waals surface area contributed by atoms with Crippen LogP contribution < -0.4 is 0 Å². The molecule has 0 aromatic rings. The molecule has 0 unspecified atom stereocenters. The summed E-state index contributed by atoms with van der Waals surface area (Å²) in [6, 6.07) is 0. The first kappa shape index (κ1) is 13.3. The molecule has 0 aromatic heterocycles. The van der Waals surface area contributed by atoms with Crippen LogP contribution in [0.5, 0.6) is 0 Å². The first-order chi connectivity index (χ1) is 5.57. The van der Waals surface area contributed by atoms with E-state index in [4.69, 9.17) is 24.2 Å².